The summed E-state index contributed by atoms with van der Waals surface area (Å²) in [6.45, 7) is 12.3. The van der Waals surface area contributed by atoms with Gasteiger partial charge in [0.2, 0.25) is 0 Å². The summed E-state index contributed by atoms with van der Waals surface area (Å²) in [5.41, 5.74) is 0.386. The van der Waals surface area contributed by atoms with Crippen molar-refractivity contribution in [1.82, 2.24) is 10.2 Å². The first-order valence-corrected chi connectivity index (χ1v) is 6.96. The summed E-state index contributed by atoms with van der Waals surface area (Å²) in [5.74, 6) is 0. The van der Waals surface area contributed by atoms with Crippen LogP contribution in [0.5, 0.6) is 0 Å². The number of ether oxygens (including phenoxy) is 1. The minimum atomic E-state index is 0.386. The van der Waals surface area contributed by atoms with E-state index in [4.69, 9.17) is 4.74 Å². The zero-order valence-electron chi connectivity index (χ0n) is 12.5. The fraction of sp³-hybridized carbons (Fsp3) is 1.00. The fourth-order valence-corrected chi connectivity index (χ4v) is 2.07. The molecule has 0 saturated heterocycles. The Morgan fingerprint density at radius 3 is 2.53 bits per heavy atom. The van der Waals surface area contributed by atoms with E-state index in [2.05, 4.69) is 38.0 Å². The molecule has 0 spiro atoms. The highest BCUT2D eigenvalue weighted by Gasteiger charge is 2.23. The van der Waals surface area contributed by atoms with Crippen LogP contribution in [0.25, 0.3) is 0 Å². The van der Waals surface area contributed by atoms with Crippen LogP contribution in [-0.4, -0.2) is 51.8 Å². The van der Waals surface area contributed by atoms with Gasteiger partial charge >= 0.3 is 0 Å². The molecule has 1 atom stereocenters. The summed E-state index contributed by atoms with van der Waals surface area (Å²) in [6, 6.07) is 0. The predicted octanol–water partition coefficient (Wildman–Crippen LogP) is 2.37. The summed E-state index contributed by atoms with van der Waals surface area (Å²) < 4.78 is 5.09. The van der Waals surface area contributed by atoms with Crippen molar-refractivity contribution >= 4 is 0 Å². The third kappa shape index (κ3) is 8.58. The quantitative estimate of drug-likeness (QED) is 0.565. The van der Waals surface area contributed by atoms with E-state index >= 15 is 0 Å². The maximum Gasteiger partial charge on any atom is 0.0474 e. The van der Waals surface area contributed by atoms with Gasteiger partial charge in [-0.05, 0) is 38.3 Å². The average Bonchev–Trinajstić information content (AvgIpc) is 2.30. The van der Waals surface area contributed by atoms with Crippen LogP contribution in [-0.2, 0) is 4.74 Å². The maximum atomic E-state index is 5.09. The molecule has 0 aromatic rings. The van der Waals surface area contributed by atoms with Gasteiger partial charge in [-0.25, -0.2) is 0 Å². The van der Waals surface area contributed by atoms with Gasteiger partial charge in [0.25, 0.3) is 0 Å². The summed E-state index contributed by atoms with van der Waals surface area (Å²) in [4.78, 5) is 2.43. The zero-order valence-corrected chi connectivity index (χ0v) is 12.5. The molecular weight excluding hydrogens is 212 g/mol. The van der Waals surface area contributed by atoms with Gasteiger partial charge in [0.1, 0.15) is 0 Å². The molecule has 3 nitrogen and oxygen atoms in total. The van der Waals surface area contributed by atoms with E-state index in [1.165, 1.54) is 12.8 Å². The first-order valence-electron chi connectivity index (χ1n) is 6.96. The second-order valence-electron chi connectivity index (χ2n) is 5.43. The van der Waals surface area contributed by atoms with Gasteiger partial charge in [0, 0.05) is 33.4 Å². The van der Waals surface area contributed by atoms with Crippen LogP contribution in [0.1, 0.15) is 40.0 Å². The van der Waals surface area contributed by atoms with E-state index in [9.17, 15) is 0 Å². The molecule has 0 aliphatic rings. The molecule has 17 heavy (non-hydrogen) atoms. The standard InChI is InChI=1S/C14H32N2O/c1-6-9-15-12-14(3,7-2)13-16(4)10-8-11-17-5/h15H,6-13H2,1-5H3. The first-order chi connectivity index (χ1) is 8.08. The van der Waals surface area contributed by atoms with Gasteiger partial charge in [-0.15, -0.1) is 0 Å². The Hall–Kier alpha value is -0.120. The van der Waals surface area contributed by atoms with Gasteiger partial charge in [0.05, 0.1) is 0 Å². The van der Waals surface area contributed by atoms with Crippen LogP contribution in [0.4, 0.5) is 0 Å². The lowest BCUT2D eigenvalue weighted by atomic mass is 9.86. The summed E-state index contributed by atoms with van der Waals surface area (Å²) >= 11 is 0. The molecule has 0 fully saturated rings. The van der Waals surface area contributed by atoms with Crippen molar-refractivity contribution in [2.75, 3.05) is 46.9 Å². The lowest BCUT2D eigenvalue weighted by molar-refractivity contribution is 0.150. The molecule has 3 heteroatoms. The van der Waals surface area contributed by atoms with E-state index in [-0.39, 0.29) is 0 Å². The first kappa shape index (κ1) is 16.9. The molecule has 0 aromatic carbocycles. The van der Waals surface area contributed by atoms with Gasteiger partial charge in [-0.1, -0.05) is 20.8 Å². The molecule has 0 saturated carbocycles. The topological polar surface area (TPSA) is 24.5 Å². The molecule has 104 valence electrons. The lowest BCUT2D eigenvalue weighted by Gasteiger charge is -2.33. The molecule has 1 N–H and O–H groups in total. The predicted molar refractivity (Wildman–Crippen MR) is 75.5 cm³/mol. The molecule has 0 amide bonds. The molecule has 0 rings (SSSR count). The summed E-state index contributed by atoms with van der Waals surface area (Å²) in [6.07, 6.45) is 3.55. The highest BCUT2D eigenvalue weighted by Crippen LogP contribution is 2.21. The van der Waals surface area contributed by atoms with Crippen molar-refractivity contribution in [1.29, 1.82) is 0 Å². The average molecular weight is 244 g/mol. The van der Waals surface area contributed by atoms with Crippen molar-refractivity contribution in [2.24, 2.45) is 5.41 Å². The van der Waals surface area contributed by atoms with Crippen molar-refractivity contribution in [3.63, 3.8) is 0 Å². The second kappa shape index (κ2) is 9.86. The van der Waals surface area contributed by atoms with Gasteiger partial charge < -0.3 is 15.0 Å². The summed E-state index contributed by atoms with van der Waals surface area (Å²) in [5, 5.41) is 3.55. The van der Waals surface area contributed by atoms with Crippen molar-refractivity contribution < 1.29 is 4.74 Å². The van der Waals surface area contributed by atoms with E-state index in [0.717, 1.165) is 39.2 Å². The van der Waals surface area contributed by atoms with Crippen LogP contribution in [0.3, 0.4) is 0 Å². The largest absolute Gasteiger partial charge is 0.385 e. The fourth-order valence-electron chi connectivity index (χ4n) is 2.07. The molecular formula is C14H32N2O. The SMILES string of the molecule is CCCNCC(C)(CC)CN(C)CCCOC. The molecule has 0 aliphatic carbocycles. The third-order valence-electron chi connectivity index (χ3n) is 3.37. The second-order valence-corrected chi connectivity index (χ2v) is 5.43. The number of rotatable bonds is 11. The minimum Gasteiger partial charge on any atom is -0.385 e. The van der Waals surface area contributed by atoms with E-state index in [0.29, 0.717) is 5.41 Å². The molecule has 0 heterocycles. The van der Waals surface area contributed by atoms with E-state index < -0.39 is 0 Å². The zero-order chi connectivity index (χ0) is 13.1. The highest BCUT2D eigenvalue weighted by molar-refractivity contribution is 4.78. The van der Waals surface area contributed by atoms with Crippen LogP contribution in [0, 0.1) is 5.41 Å². The number of nitrogens with one attached hydrogen (secondary N) is 1. The molecule has 0 radical (unpaired) electrons. The van der Waals surface area contributed by atoms with Crippen molar-refractivity contribution in [3.05, 3.63) is 0 Å². The lowest BCUT2D eigenvalue weighted by Crippen LogP contribution is -2.41. The van der Waals surface area contributed by atoms with Gasteiger partial charge in [-0.3, -0.25) is 0 Å². The third-order valence-corrected chi connectivity index (χ3v) is 3.37. The van der Waals surface area contributed by atoms with Crippen LogP contribution in [0.2, 0.25) is 0 Å². The Morgan fingerprint density at radius 1 is 1.29 bits per heavy atom. The molecule has 0 aliphatic heterocycles. The Labute approximate surface area is 108 Å². The Balaban J connectivity index is 3.90. The Bertz CT molecular complexity index is 176. The monoisotopic (exact) mass is 244 g/mol. The minimum absolute atomic E-state index is 0.386. The smallest absolute Gasteiger partial charge is 0.0474 e. The van der Waals surface area contributed by atoms with Crippen molar-refractivity contribution in [3.8, 4) is 0 Å². The van der Waals surface area contributed by atoms with E-state index in [1.807, 2.05) is 0 Å². The van der Waals surface area contributed by atoms with Crippen LogP contribution >= 0.6 is 0 Å². The van der Waals surface area contributed by atoms with Crippen LogP contribution < -0.4 is 5.32 Å². The Morgan fingerprint density at radius 2 is 2.00 bits per heavy atom. The number of hydrogen-bond acceptors (Lipinski definition) is 3. The maximum absolute atomic E-state index is 5.09. The number of hydrogen-bond donors (Lipinski definition) is 1. The Kier molecular flexibility index (Phi) is 9.79. The van der Waals surface area contributed by atoms with Crippen LogP contribution in [0.15, 0.2) is 0 Å². The molecule has 0 bridgehead atoms. The van der Waals surface area contributed by atoms with Gasteiger partial charge in [0.15, 0.2) is 0 Å². The summed E-state index contributed by atoms with van der Waals surface area (Å²) in [7, 11) is 3.98. The number of nitrogens with zero attached hydrogens (tertiary/aromatic N) is 1. The van der Waals surface area contributed by atoms with Crippen molar-refractivity contribution in [2.45, 2.75) is 40.0 Å². The van der Waals surface area contributed by atoms with E-state index in [1.54, 1.807) is 7.11 Å². The van der Waals surface area contributed by atoms with Gasteiger partial charge in [-0.2, -0.15) is 0 Å². The molecule has 0 aromatic heterocycles. The number of methoxy groups -OCH3 is 1. The highest BCUT2D eigenvalue weighted by atomic mass is 16.5. The normalized spacial score (nSPS) is 15.2. The molecule has 1 unspecified atom stereocenters.